The summed E-state index contributed by atoms with van der Waals surface area (Å²) in [6, 6.07) is 8.41. The Morgan fingerprint density at radius 3 is 2.75 bits per heavy atom. The first-order chi connectivity index (χ1) is 13.8. The van der Waals surface area contributed by atoms with Crippen LogP contribution in [0.25, 0.3) is 5.65 Å². The minimum Gasteiger partial charge on any atom is -0.357 e. The summed E-state index contributed by atoms with van der Waals surface area (Å²) < 4.78 is 1.97. The van der Waals surface area contributed by atoms with Gasteiger partial charge in [-0.3, -0.25) is 9.30 Å². The predicted octanol–water partition coefficient (Wildman–Crippen LogP) is 2.93. The molecule has 0 saturated carbocycles. The van der Waals surface area contributed by atoms with Gasteiger partial charge in [-0.1, -0.05) is 19.9 Å². The molecule has 0 amide bonds. The lowest BCUT2D eigenvalue weighted by atomic mass is 10.1. The van der Waals surface area contributed by atoms with Crippen molar-refractivity contribution in [3.05, 3.63) is 52.6 Å². The Bertz CT molecular complexity index is 868. The van der Waals surface area contributed by atoms with Crippen LogP contribution in [0.1, 0.15) is 38.2 Å². The number of pyridine rings is 1. The third-order valence-corrected chi connectivity index (χ3v) is 5.45. The lowest BCUT2D eigenvalue weighted by Crippen LogP contribution is -2.43. The van der Waals surface area contributed by atoms with Crippen molar-refractivity contribution in [1.29, 1.82) is 0 Å². The van der Waals surface area contributed by atoms with E-state index in [1.807, 2.05) is 28.8 Å². The van der Waals surface area contributed by atoms with Crippen LogP contribution >= 0.6 is 11.3 Å². The monoisotopic (exact) mass is 399 g/mol. The van der Waals surface area contributed by atoms with Gasteiger partial charge in [0, 0.05) is 19.3 Å². The maximum atomic E-state index is 4.73. The fourth-order valence-electron chi connectivity index (χ4n) is 3.27. The van der Waals surface area contributed by atoms with Crippen LogP contribution in [0, 0.1) is 0 Å². The Labute approximate surface area is 170 Å². The zero-order chi connectivity index (χ0) is 19.8. The highest BCUT2D eigenvalue weighted by Gasteiger charge is 2.18. The highest BCUT2D eigenvalue weighted by atomic mass is 32.1. The summed E-state index contributed by atoms with van der Waals surface area (Å²) in [5.74, 6) is 1.62. The molecule has 0 bridgehead atoms. The van der Waals surface area contributed by atoms with Crippen LogP contribution in [0.4, 0.5) is 0 Å². The van der Waals surface area contributed by atoms with E-state index in [2.05, 4.69) is 63.3 Å². The van der Waals surface area contributed by atoms with Gasteiger partial charge in [0.25, 0.3) is 0 Å². The first kappa shape index (κ1) is 20.3. The second-order valence-corrected chi connectivity index (χ2v) is 7.19. The molecule has 0 fully saturated rings. The topological polar surface area (TPSA) is 69.8 Å². The van der Waals surface area contributed by atoms with E-state index in [4.69, 9.17) is 4.99 Å². The largest absolute Gasteiger partial charge is 0.357 e. The molecule has 0 saturated heterocycles. The summed E-state index contributed by atoms with van der Waals surface area (Å²) >= 11 is 1.74. The van der Waals surface area contributed by atoms with E-state index in [1.165, 1.54) is 5.56 Å². The van der Waals surface area contributed by atoms with Crippen molar-refractivity contribution in [2.24, 2.45) is 4.99 Å². The highest BCUT2D eigenvalue weighted by Crippen LogP contribution is 2.22. The number of nitrogens with zero attached hydrogens (tertiary/aromatic N) is 5. The number of likely N-dealkylation sites (N-methyl/N-ethyl adjacent to an activating group) is 1. The molecule has 0 aliphatic heterocycles. The van der Waals surface area contributed by atoms with Gasteiger partial charge in [-0.25, -0.2) is 4.99 Å². The molecule has 150 valence electrons. The Balaban J connectivity index is 1.71. The number of fused-ring (bicyclic) bond motifs is 1. The van der Waals surface area contributed by atoms with Crippen LogP contribution in [0.3, 0.4) is 0 Å². The molecule has 0 aromatic carbocycles. The normalized spacial score (nSPS) is 13.2. The zero-order valence-electron chi connectivity index (χ0n) is 16.8. The molecule has 3 heterocycles. The zero-order valence-corrected chi connectivity index (χ0v) is 17.6. The van der Waals surface area contributed by atoms with Crippen molar-refractivity contribution in [1.82, 2.24) is 30.1 Å². The van der Waals surface area contributed by atoms with Gasteiger partial charge in [-0.05, 0) is 54.5 Å². The summed E-state index contributed by atoms with van der Waals surface area (Å²) in [5, 5.41) is 19.7. The molecule has 1 unspecified atom stereocenters. The van der Waals surface area contributed by atoms with E-state index < -0.39 is 0 Å². The molecule has 28 heavy (non-hydrogen) atoms. The van der Waals surface area contributed by atoms with E-state index in [-0.39, 0.29) is 0 Å². The van der Waals surface area contributed by atoms with E-state index in [1.54, 1.807) is 11.3 Å². The molecular weight excluding hydrogens is 370 g/mol. The number of thiophene rings is 1. The van der Waals surface area contributed by atoms with Crippen molar-refractivity contribution < 1.29 is 0 Å². The van der Waals surface area contributed by atoms with E-state index in [9.17, 15) is 0 Å². The second-order valence-electron chi connectivity index (χ2n) is 6.41. The number of nitrogens with one attached hydrogen (secondary N) is 2. The third kappa shape index (κ3) is 4.88. The van der Waals surface area contributed by atoms with Crippen molar-refractivity contribution in [2.45, 2.75) is 33.4 Å². The summed E-state index contributed by atoms with van der Waals surface area (Å²) in [7, 11) is 0. The highest BCUT2D eigenvalue weighted by molar-refractivity contribution is 7.07. The van der Waals surface area contributed by atoms with E-state index >= 15 is 0 Å². The third-order valence-electron chi connectivity index (χ3n) is 4.75. The molecule has 3 aromatic rings. The Hall–Kier alpha value is -2.45. The fourth-order valence-corrected chi connectivity index (χ4v) is 3.98. The standard InChI is InChI=1S/C20H29N7S/c1-4-21-20(23-14-19-25-24-18-9-7-8-11-27(18)19)22-13-17(26(5-2)6-3)16-10-12-28-15-16/h7-12,15,17H,4-6,13-14H2,1-3H3,(H2,21,22,23). The number of hydrogen-bond donors (Lipinski definition) is 2. The molecule has 2 N–H and O–H groups in total. The van der Waals surface area contributed by atoms with E-state index in [0.717, 1.165) is 43.6 Å². The van der Waals surface area contributed by atoms with Crippen LogP contribution in [0.5, 0.6) is 0 Å². The van der Waals surface area contributed by atoms with Crippen LogP contribution in [-0.2, 0) is 6.54 Å². The van der Waals surface area contributed by atoms with Crippen LogP contribution < -0.4 is 10.6 Å². The minimum absolute atomic E-state index is 0.319. The van der Waals surface area contributed by atoms with Gasteiger partial charge in [0.1, 0.15) is 6.54 Å². The van der Waals surface area contributed by atoms with Crippen LogP contribution in [-0.4, -0.2) is 51.6 Å². The number of aromatic nitrogens is 3. The number of hydrogen-bond acceptors (Lipinski definition) is 5. The number of aliphatic imine (C=N–C) groups is 1. The quantitative estimate of drug-likeness (QED) is 0.428. The first-order valence-electron chi connectivity index (χ1n) is 9.83. The van der Waals surface area contributed by atoms with Crippen molar-refractivity contribution in [3.63, 3.8) is 0 Å². The van der Waals surface area contributed by atoms with Crippen molar-refractivity contribution in [2.75, 3.05) is 26.2 Å². The first-order valence-corrected chi connectivity index (χ1v) is 10.8. The van der Waals surface area contributed by atoms with Crippen molar-refractivity contribution >= 4 is 22.9 Å². The predicted molar refractivity (Wildman–Crippen MR) is 116 cm³/mol. The molecule has 7 nitrogen and oxygen atoms in total. The maximum Gasteiger partial charge on any atom is 0.191 e. The van der Waals surface area contributed by atoms with Crippen LogP contribution in [0.2, 0.25) is 0 Å². The van der Waals surface area contributed by atoms with Gasteiger partial charge in [-0.15, -0.1) is 10.2 Å². The van der Waals surface area contributed by atoms with Gasteiger partial charge in [0.2, 0.25) is 0 Å². The Morgan fingerprint density at radius 2 is 2.04 bits per heavy atom. The molecule has 1 atom stereocenters. The summed E-state index contributed by atoms with van der Waals surface area (Å²) in [5.41, 5.74) is 2.19. The smallest absolute Gasteiger partial charge is 0.191 e. The lowest BCUT2D eigenvalue weighted by molar-refractivity contribution is 0.219. The lowest BCUT2D eigenvalue weighted by Gasteiger charge is -2.30. The number of rotatable bonds is 9. The fraction of sp³-hybridized carbons (Fsp3) is 0.450. The maximum absolute atomic E-state index is 4.73. The molecule has 0 aliphatic rings. The summed E-state index contributed by atoms with van der Waals surface area (Å²) in [6.07, 6.45) is 1.97. The molecular formula is C20H29N7S. The van der Waals surface area contributed by atoms with E-state index in [0.29, 0.717) is 12.6 Å². The molecule has 3 rings (SSSR count). The van der Waals surface area contributed by atoms with Crippen LogP contribution in [0.15, 0.2) is 46.2 Å². The summed E-state index contributed by atoms with van der Waals surface area (Å²) in [6.45, 7) is 10.6. The van der Waals surface area contributed by atoms with Crippen molar-refractivity contribution in [3.8, 4) is 0 Å². The molecule has 0 aliphatic carbocycles. The average Bonchev–Trinajstić information content (AvgIpc) is 3.39. The van der Waals surface area contributed by atoms with Gasteiger partial charge in [-0.2, -0.15) is 11.3 Å². The second kappa shape index (κ2) is 10.2. The van der Waals surface area contributed by atoms with Gasteiger partial charge < -0.3 is 10.6 Å². The minimum atomic E-state index is 0.319. The Morgan fingerprint density at radius 1 is 1.18 bits per heavy atom. The summed E-state index contributed by atoms with van der Waals surface area (Å²) in [4.78, 5) is 7.19. The van der Waals surface area contributed by atoms with Gasteiger partial charge in [0.05, 0.1) is 6.04 Å². The number of guanidine groups is 1. The van der Waals surface area contributed by atoms with Gasteiger partial charge >= 0.3 is 0 Å². The molecule has 0 spiro atoms. The van der Waals surface area contributed by atoms with Gasteiger partial charge in [0.15, 0.2) is 17.4 Å². The Kier molecular flexibility index (Phi) is 7.39. The SMILES string of the molecule is CCNC(=NCc1nnc2ccccn12)NCC(c1ccsc1)N(CC)CC. The molecule has 8 heteroatoms. The molecule has 3 aromatic heterocycles. The molecule has 0 radical (unpaired) electrons. The average molecular weight is 400 g/mol.